The number of carbonyl (C=O) groups is 2. The van der Waals surface area contributed by atoms with Crippen LogP contribution in [0.3, 0.4) is 0 Å². The van der Waals surface area contributed by atoms with Crippen molar-refractivity contribution in [2.75, 3.05) is 11.9 Å². The summed E-state index contributed by atoms with van der Waals surface area (Å²) in [5, 5.41) is 2.59. The van der Waals surface area contributed by atoms with Crippen molar-refractivity contribution in [1.82, 2.24) is 4.98 Å². The molecule has 0 aliphatic carbocycles. The number of hydrogen-bond acceptors (Lipinski definition) is 4. The SMILES string of the molecule is Cc1cc(C(=O)C(Br)c2ccc(F)cc2)nc2c1OCC(=O)N2. The Morgan fingerprint density at radius 3 is 2.78 bits per heavy atom. The Morgan fingerprint density at radius 2 is 2.09 bits per heavy atom. The topological polar surface area (TPSA) is 68.3 Å². The summed E-state index contributed by atoms with van der Waals surface area (Å²) >= 11 is 3.31. The van der Waals surface area contributed by atoms with E-state index in [1.165, 1.54) is 24.3 Å². The lowest BCUT2D eigenvalue weighted by Crippen LogP contribution is -2.27. The van der Waals surface area contributed by atoms with Gasteiger partial charge in [-0.2, -0.15) is 0 Å². The second-order valence-electron chi connectivity index (χ2n) is 5.12. The molecule has 5 nitrogen and oxygen atoms in total. The van der Waals surface area contributed by atoms with E-state index in [9.17, 15) is 14.0 Å². The van der Waals surface area contributed by atoms with Crippen molar-refractivity contribution in [3.05, 3.63) is 53.0 Å². The maximum atomic E-state index is 13.0. The molecule has 0 spiro atoms. The molecule has 3 rings (SSSR count). The van der Waals surface area contributed by atoms with E-state index in [-0.39, 0.29) is 35.6 Å². The zero-order chi connectivity index (χ0) is 16.6. The van der Waals surface area contributed by atoms with Gasteiger partial charge in [0, 0.05) is 0 Å². The molecule has 1 aromatic heterocycles. The van der Waals surface area contributed by atoms with Gasteiger partial charge in [-0.05, 0) is 36.2 Å². The van der Waals surface area contributed by atoms with Gasteiger partial charge in [0.15, 0.2) is 24.0 Å². The number of pyridine rings is 1. The Bertz CT molecular complexity index is 793. The first-order valence-corrected chi connectivity index (χ1v) is 7.75. The minimum absolute atomic E-state index is 0.0700. The smallest absolute Gasteiger partial charge is 0.263 e. The molecule has 2 aromatic rings. The first-order valence-electron chi connectivity index (χ1n) is 6.84. The van der Waals surface area contributed by atoms with Gasteiger partial charge < -0.3 is 10.1 Å². The second kappa shape index (κ2) is 6.08. The number of hydrogen-bond donors (Lipinski definition) is 1. The number of carbonyl (C=O) groups excluding carboxylic acids is 2. The fourth-order valence-electron chi connectivity index (χ4n) is 2.27. The second-order valence-corrected chi connectivity index (χ2v) is 6.03. The molecule has 7 heteroatoms. The Kier molecular flexibility index (Phi) is 4.12. The van der Waals surface area contributed by atoms with Crippen LogP contribution in [0, 0.1) is 12.7 Å². The van der Waals surface area contributed by atoms with Crippen LogP contribution in [0.1, 0.15) is 26.4 Å². The predicted molar refractivity (Wildman–Crippen MR) is 85.5 cm³/mol. The molecule has 1 atom stereocenters. The summed E-state index contributed by atoms with van der Waals surface area (Å²) in [7, 11) is 0. The van der Waals surface area contributed by atoms with Crippen molar-refractivity contribution in [1.29, 1.82) is 0 Å². The van der Waals surface area contributed by atoms with E-state index < -0.39 is 4.83 Å². The highest BCUT2D eigenvalue weighted by Crippen LogP contribution is 2.33. The van der Waals surface area contributed by atoms with Crippen LogP contribution in [0.4, 0.5) is 10.2 Å². The van der Waals surface area contributed by atoms with Gasteiger partial charge in [-0.1, -0.05) is 28.1 Å². The average molecular weight is 379 g/mol. The van der Waals surface area contributed by atoms with Gasteiger partial charge in [0.2, 0.25) is 0 Å². The van der Waals surface area contributed by atoms with Crippen LogP contribution >= 0.6 is 15.9 Å². The van der Waals surface area contributed by atoms with Crippen molar-refractivity contribution in [3.63, 3.8) is 0 Å². The molecule has 23 heavy (non-hydrogen) atoms. The van der Waals surface area contributed by atoms with Crippen molar-refractivity contribution in [3.8, 4) is 5.75 Å². The summed E-state index contributed by atoms with van der Waals surface area (Å²) in [6.45, 7) is 1.70. The van der Waals surface area contributed by atoms with Crippen LogP contribution in [-0.4, -0.2) is 23.3 Å². The highest BCUT2D eigenvalue weighted by molar-refractivity contribution is 9.09. The first kappa shape index (κ1) is 15.6. The molecule has 0 bridgehead atoms. The lowest BCUT2D eigenvalue weighted by molar-refractivity contribution is -0.118. The molecule has 1 aliphatic heterocycles. The molecule has 118 valence electrons. The number of nitrogens with one attached hydrogen (secondary N) is 1. The molecule has 0 fully saturated rings. The summed E-state index contributed by atoms with van der Waals surface area (Å²) in [5.74, 6) is -0.272. The molecule has 1 amide bonds. The zero-order valence-corrected chi connectivity index (χ0v) is 13.7. The minimum Gasteiger partial charge on any atom is -0.480 e. The number of anilines is 1. The number of amides is 1. The van der Waals surface area contributed by atoms with E-state index in [2.05, 4.69) is 26.2 Å². The Labute approximate surface area is 140 Å². The fourth-order valence-corrected chi connectivity index (χ4v) is 2.81. The van der Waals surface area contributed by atoms with Crippen LogP contribution in [0.25, 0.3) is 0 Å². The molecule has 1 aliphatic rings. The van der Waals surface area contributed by atoms with Crippen molar-refractivity contribution < 1.29 is 18.7 Å². The van der Waals surface area contributed by atoms with E-state index in [4.69, 9.17) is 4.74 Å². The number of aryl methyl sites for hydroxylation is 1. The lowest BCUT2D eigenvalue weighted by atomic mass is 10.0. The number of fused-ring (bicyclic) bond motifs is 1. The number of benzene rings is 1. The Morgan fingerprint density at radius 1 is 1.39 bits per heavy atom. The summed E-state index contributed by atoms with van der Waals surface area (Å²) < 4.78 is 18.3. The number of alkyl halides is 1. The number of halogens is 2. The van der Waals surface area contributed by atoms with Gasteiger partial charge in [-0.3, -0.25) is 9.59 Å². The largest absolute Gasteiger partial charge is 0.480 e. The van der Waals surface area contributed by atoms with Crippen LogP contribution in [0.2, 0.25) is 0 Å². The normalized spacial score (nSPS) is 14.5. The third kappa shape index (κ3) is 3.10. The highest BCUT2D eigenvalue weighted by Gasteiger charge is 2.25. The number of Topliss-reactive ketones (excluding diaryl/α,β-unsaturated/α-hetero) is 1. The molecular weight excluding hydrogens is 367 g/mol. The minimum atomic E-state index is -0.659. The molecule has 0 saturated carbocycles. The van der Waals surface area contributed by atoms with Crippen LogP contribution in [0.15, 0.2) is 30.3 Å². The van der Waals surface area contributed by atoms with Gasteiger partial charge in [0.1, 0.15) is 16.3 Å². The number of ether oxygens (including phenoxy) is 1. The summed E-state index contributed by atoms with van der Waals surface area (Å²) in [4.78, 5) is 27.5. The zero-order valence-electron chi connectivity index (χ0n) is 12.1. The highest BCUT2D eigenvalue weighted by atomic mass is 79.9. The monoisotopic (exact) mass is 378 g/mol. The van der Waals surface area contributed by atoms with Crippen molar-refractivity contribution >= 4 is 33.4 Å². The lowest BCUT2D eigenvalue weighted by Gasteiger charge is -2.20. The van der Waals surface area contributed by atoms with E-state index in [0.717, 1.165) is 0 Å². The summed E-state index contributed by atoms with van der Waals surface area (Å²) in [6.07, 6.45) is 0. The van der Waals surface area contributed by atoms with Gasteiger partial charge in [0.25, 0.3) is 5.91 Å². The summed E-state index contributed by atoms with van der Waals surface area (Å²) in [5.41, 5.74) is 1.52. The Hall–Kier alpha value is -2.28. The van der Waals surface area contributed by atoms with Gasteiger partial charge in [-0.25, -0.2) is 9.37 Å². The maximum absolute atomic E-state index is 13.0. The van der Waals surface area contributed by atoms with Crippen molar-refractivity contribution in [2.24, 2.45) is 0 Å². The molecule has 1 aromatic carbocycles. The quantitative estimate of drug-likeness (QED) is 0.657. The number of ketones is 1. The first-order chi connectivity index (χ1) is 11.0. The van der Waals surface area contributed by atoms with E-state index in [1.807, 2.05) is 0 Å². The molecule has 0 radical (unpaired) electrons. The predicted octanol–water partition coefficient (Wildman–Crippen LogP) is 3.18. The number of nitrogens with zero attached hydrogens (tertiary/aromatic N) is 1. The van der Waals surface area contributed by atoms with Crippen LogP contribution in [0.5, 0.6) is 5.75 Å². The van der Waals surface area contributed by atoms with E-state index in [0.29, 0.717) is 16.9 Å². The van der Waals surface area contributed by atoms with Crippen molar-refractivity contribution in [2.45, 2.75) is 11.8 Å². The molecule has 0 saturated heterocycles. The van der Waals surface area contributed by atoms with Gasteiger partial charge >= 0.3 is 0 Å². The van der Waals surface area contributed by atoms with E-state index in [1.54, 1.807) is 13.0 Å². The Balaban J connectivity index is 1.93. The molecule has 1 N–H and O–H groups in total. The molecule has 2 heterocycles. The molecule has 1 unspecified atom stereocenters. The van der Waals surface area contributed by atoms with Crippen LogP contribution in [-0.2, 0) is 4.79 Å². The average Bonchev–Trinajstić information content (AvgIpc) is 2.53. The number of rotatable bonds is 3. The molecular formula is C16H12BrFN2O3. The van der Waals surface area contributed by atoms with Gasteiger partial charge in [0.05, 0.1) is 0 Å². The third-order valence-corrected chi connectivity index (χ3v) is 4.35. The number of aromatic nitrogens is 1. The maximum Gasteiger partial charge on any atom is 0.263 e. The van der Waals surface area contributed by atoms with Gasteiger partial charge in [-0.15, -0.1) is 0 Å². The third-order valence-electron chi connectivity index (χ3n) is 3.41. The van der Waals surface area contributed by atoms with E-state index >= 15 is 0 Å². The fraction of sp³-hybridized carbons (Fsp3) is 0.188. The standard InChI is InChI=1S/C16H12BrFN2O3/c1-8-6-11(19-16-15(8)23-7-12(21)20-16)14(22)13(17)9-2-4-10(18)5-3-9/h2-6,13H,7H2,1H3,(H,19,20,21). The summed E-state index contributed by atoms with van der Waals surface area (Å²) in [6, 6.07) is 7.25. The van der Waals surface area contributed by atoms with Crippen LogP contribution < -0.4 is 10.1 Å².